The molecule has 1 saturated heterocycles. The fraction of sp³-hybridized carbons (Fsp3) is 0.450. The van der Waals surface area contributed by atoms with Gasteiger partial charge in [-0.1, -0.05) is 19.1 Å². The van der Waals surface area contributed by atoms with E-state index in [1.165, 1.54) is 16.8 Å². The van der Waals surface area contributed by atoms with Gasteiger partial charge in [-0.2, -0.15) is 5.10 Å². The lowest BCUT2D eigenvalue weighted by Gasteiger charge is -2.32. The lowest BCUT2D eigenvalue weighted by molar-refractivity contribution is -0.125. The smallest absolute Gasteiger partial charge is 0.268 e. The van der Waals surface area contributed by atoms with E-state index < -0.39 is 0 Å². The van der Waals surface area contributed by atoms with Crippen molar-refractivity contribution in [2.24, 2.45) is 5.92 Å². The van der Waals surface area contributed by atoms with Crippen LogP contribution < -0.4 is 15.8 Å². The molecule has 1 aliphatic heterocycles. The second kappa shape index (κ2) is 8.79. The van der Waals surface area contributed by atoms with Crippen molar-refractivity contribution < 1.29 is 9.18 Å². The van der Waals surface area contributed by atoms with Crippen LogP contribution in [0.25, 0.3) is 0 Å². The molecule has 0 atom stereocenters. The van der Waals surface area contributed by atoms with Gasteiger partial charge in [0.2, 0.25) is 5.91 Å². The summed E-state index contributed by atoms with van der Waals surface area (Å²) < 4.78 is 14.7. The van der Waals surface area contributed by atoms with Gasteiger partial charge < -0.3 is 10.2 Å². The number of nitrogens with zero attached hydrogens (tertiary/aromatic N) is 3. The molecule has 27 heavy (non-hydrogen) atoms. The number of aromatic nitrogens is 2. The number of anilines is 1. The lowest BCUT2D eigenvalue weighted by atomic mass is 9.95. The van der Waals surface area contributed by atoms with Crippen LogP contribution in [-0.2, 0) is 17.9 Å². The Morgan fingerprint density at radius 3 is 2.74 bits per heavy atom. The van der Waals surface area contributed by atoms with Gasteiger partial charge in [-0.3, -0.25) is 9.59 Å². The standard InChI is InChI=1S/C20H25FN4O2/c1-2-8-25-19(26)12-18(14-23-25)24-9-6-16(7-10-24)20(27)22-13-15-4-3-5-17(21)11-15/h3-5,11-12,14,16H,2,6-10,13H2,1H3,(H,22,27). The van der Waals surface area contributed by atoms with Crippen LogP contribution in [0.2, 0.25) is 0 Å². The molecule has 0 spiro atoms. The van der Waals surface area contributed by atoms with E-state index in [-0.39, 0.29) is 23.2 Å². The summed E-state index contributed by atoms with van der Waals surface area (Å²) in [5.74, 6) is -0.372. The zero-order chi connectivity index (χ0) is 19.2. The number of rotatable bonds is 6. The summed E-state index contributed by atoms with van der Waals surface area (Å²) in [6.45, 7) is 4.36. The number of halogens is 1. The van der Waals surface area contributed by atoms with E-state index in [1.54, 1.807) is 24.4 Å². The summed E-state index contributed by atoms with van der Waals surface area (Å²) in [5.41, 5.74) is 1.47. The Kier molecular flexibility index (Phi) is 6.21. The SMILES string of the molecule is CCCn1ncc(N2CCC(C(=O)NCc3cccc(F)c3)CC2)cc1=O. The van der Waals surface area contributed by atoms with Crippen molar-refractivity contribution in [3.63, 3.8) is 0 Å². The van der Waals surface area contributed by atoms with Crippen LogP contribution in [0.5, 0.6) is 0 Å². The van der Waals surface area contributed by atoms with Gasteiger partial charge in [0.25, 0.3) is 5.56 Å². The number of carbonyl (C=O) groups is 1. The monoisotopic (exact) mass is 372 g/mol. The van der Waals surface area contributed by atoms with Gasteiger partial charge >= 0.3 is 0 Å². The number of benzene rings is 1. The maximum absolute atomic E-state index is 13.2. The molecule has 0 unspecified atom stereocenters. The summed E-state index contributed by atoms with van der Waals surface area (Å²) in [6, 6.07) is 7.86. The Hall–Kier alpha value is -2.70. The zero-order valence-corrected chi connectivity index (χ0v) is 15.5. The van der Waals surface area contributed by atoms with Crippen molar-refractivity contribution in [3.05, 3.63) is 58.3 Å². The van der Waals surface area contributed by atoms with Gasteiger partial charge in [-0.25, -0.2) is 9.07 Å². The molecule has 2 aromatic rings. The molecule has 2 heterocycles. The number of aryl methyl sites for hydroxylation is 1. The quantitative estimate of drug-likeness (QED) is 0.845. The van der Waals surface area contributed by atoms with Crippen molar-refractivity contribution >= 4 is 11.6 Å². The molecule has 1 N–H and O–H groups in total. The topological polar surface area (TPSA) is 67.2 Å². The molecule has 0 bridgehead atoms. The van der Waals surface area contributed by atoms with Gasteiger partial charge in [0.1, 0.15) is 5.82 Å². The minimum Gasteiger partial charge on any atom is -0.370 e. The fourth-order valence-corrected chi connectivity index (χ4v) is 3.36. The predicted molar refractivity (Wildman–Crippen MR) is 102 cm³/mol. The predicted octanol–water partition coefficient (Wildman–Crippen LogP) is 2.33. The van der Waals surface area contributed by atoms with Crippen LogP contribution in [0.15, 0.2) is 41.3 Å². The van der Waals surface area contributed by atoms with Crippen molar-refractivity contribution in [2.45, 2.75) is 39.3 Å². The molecule has 1 aromatic heterocycles. The lowest BCUT2D eigenvalue weighted by Crippen LogP contribution is -2.41. The molecule has 0 aliphatic carbocycles. The molecule has 144 valence electrons. The Bertz CT molecular complexity index is 844. The van der Waals surface area contributed by atoms with E-state index >= 15 is 0 Å². The average molecular weight is 372 g/mol. The van der Waals surface area contributed by atoms with Crippen LogP contribution in [-0.4, -0.2) is 28.8 Å². The van der Waals surface area contributed by atoms with Crippen LogP contribution in [0.1, 0.15) is 31.7 Å². The van der Waals surface area contributed by atoms with Crippen molar-refractivity contribution in [1.29, 1.82) is 0 Å². The van der Waals surface area contributed by atoms with E-state index in [0.29, 0.717) is 39.0 Å². The Morgan fingerprint density at radius 2 is 2.07 bits per heavy atom. The first-order valence-corrected chi connectivity index (χ1v) is 9.41. The number of piperidine rings is 1. The molecule has 0 radical (unpaired) electrons. The zero-order valence-electron chi connectivity index (χ0n) is 15.5. The average Bonchev–Trinajstić information content (AvgIpc) is 2.68. The Balaban J connectivity index is 1.51. The van der Waals surface area contributed by atoms with E-state index in [1.807, 2.05) is 6.92 Å². The summed E-state index contributed by atoms with van der Waals surface area (Å²) in [6.07, 6.45) is 4.02. The molecule has 0 saturated carbocycles. The van der Waals surface area contributed by atoms with Gasteiger partial charge in [-0.05, 0) is 37.0 Å². The molecule has 1 aliphatic rings. The molecule has 1 aromatic carbocycles. The van der Waals surface area contributed by atoms with Gasteiger partial charge in [-0.15, -0.1) is 0 Å². The first-order chi connectivity index (χ1) is 13.1. The molecule has 7 heteroatoms. The van der Waals surface area contributed by atoms with Crippen LogP contribution >= 0.6 is 0 Å². The number of hydrogen-bond donors (Lipinski definition) is 1. The molecule has 1 amide bonds. The highest BCUT2D eigenvalue weighted by Crippen LogP contribution is 2.22. The highest BCUT2D eigenvalue weighted by molar-refractivity contribution is 5.79. The maximum Gasteiger partial charge on any atom is 0.268 e. The maximum atomic E-state index is 13.2. The van der Waals surface area contributed by atoms with E-state index in [2.05, 4.69) is 15.3 Å². The minimum absolute atomic E-state index is 0.00426. The summed E-state index contributed by atoms with van der Waals surface area (Å²) in [7, 11) is 0. The second-order valence-corrected chi connectivity index (χ2v) is 6.88. The molecular weight excluding hydrogens is 347 g/mol. The first-order valence-electron chi connectivity index (χ1n) is 9.41. The van der Waals surface area contributed by atoms with Crippen molar-refractivity contribution in [3.8, 4) is 0 Å². The van der Waals surface area contributed by atoms with E-state index in [4.69, 9.17) is 0 Å². The number of carbonyl (C=O) groups excluding carboxylic acids is 1. The largest absolute Gasteiger partial charge is 0.370 e. The third kappa shape index (κ3) is 4.93. The molecule has 3 rings (SSSR count). The summed E-state index contributed by atoms with van der Waals surface area (Å²) in [5, 5.41) is 7.11. The van der Waals surface area contributed by atoms with Crippen LogP contribution in [0, 0.1) is 11.7 Å². The van der Waals surface area contributed by atoms with Crippen molar-refractivity contribution in [1.82, 2.24) is 15.1 Å². The number of hydrogen-bond acceptors (Lipinski definition) is 4. The third-order valence-corrected chi connectivity index (χ3v) is 4.88. The Morgan fingerprint density at radius 1 is 1.30 bits per heavy atom. The van der Waals surface area contributed by atoms with Crippen LogP contribution in [0.4, 0.5) is 10.1 Å². The number of amides is 1. The minimum atomic E-state index is -0.301. The van der Waals surface area contributed by atoms with Crippen LogP contribution in [0.3, 0.4) is 0 Å². The highest BCUT2D eigenvalue weighted by atomic mass is 19.1. The van der Waals surface area contributed by atoms with E-state index in [0.717, 1.165) is 17.7 Å². The number of nitrogens with one attached hydrogen (secondary N) is 1. The van der Waals surface area contributed by atoms with E-state index in [9.17, 15) is 14.0 Å². The molecule has 1 fully saturated rings. The van der Waals surface area contributed by atoms with Gasteiger partial charge in [0, 0.05) is 38.2 Å². The molecular formula is C20H25FN4O2. The second-order valence-electron chi connectivity index (χ2n) is 6.88. The van der Waals surface area contributed by atoms with Crippen molar-refractivity contribution in [2.75, 3.05) is 18.0 Å². The normalized spacial score (nSPS) is 15.0. The first kappa shape index (κ1) is 19.1. The Labute approximate surface area is 158 Å². The van der Waals surface area contributed by atoms with Gasteiger partial charge in [0.05, 0.1) is 11.9 Å². The summed E-state index contributed by atoms with van der Waals surface area (Å²) in [4.78, 5) is 26.6. The van der Waals surface area contributed by atoms with Gasteiger partial charge in [0.15, 0.2) is 0 Å². The fourth-order valence-electron chi connectivity index (χ4n) is 3.36. The summed E-state index contributed by atoms with van der Waals surface area (Å²) >= 11 is 0. The third-order valence-electron chi connectivity index (χ3n) is 4.88. The molecule has 6 nitrogen and oxygen atoms in total. The highest BCUT2D eigenvalue weighted by Gasteiger charge is 2.25.